The fraction of sp³-hybridized carbons (Fsp3) is 0.675. The Bertz CT molecular complexity index is 1390. The molecule has 0 aromatic heterocycles. The van der Waals surface area contributed by atoms with Crippen LogP contribution in [0.4, 0.5) is 5.69 Å². The molecule has 7 atom stereocenters. The summed E-state index contributed by atoms with van der Waals surface area (Å²) in [4.78, 5) is 23.1. The van der Waals surface area contributed by atoms with Crippen LogP contribution in [0.3, 0.4) is 0 Å². The topological polar surface area (TPSA) is 80.1 Å². The van der Waals surface area contributed by atoms with Crippen LogP contribution >= 0.6 is 0 Å². The Kier molecular flexibility index (Phi) is 11.0. The van der Waals surface area contributed by atoms with Crippen molar-refractivity contribution in [2.45, 2.75) is 105 Å². The van der Waals surface area contributed by atoms with E-state index in [1.54, 1.807) is 7.11 Å². The zero-order valence-electron chi connectivity index (χ0n) is 30.8. The van der Waals surface area contributed by atoms with Gasteiger partial charge in [-0.25, -0.2) is 0 Å². The number of ether oxygens (including phenoxy) is 1. The maximum atomic E-state index is 14.3. The summed E-state index contributed by atoms with van der Waals surface area (Å²) in [7, 11) is 5.93. The maximum absolute atomic E-state index is 14.3. The number of methoxy groups -OCH3 is 1. The van der Waals surface area contributed by atoms with Crippen LogP contribution in [0.5, 0.6) is 5.75 Å². The Hall–Kier alpha value is -2.61. The molecule has 3 N–H and O–H groups in total. The Morgan fingerprint density at radius 1 is 1.15 bits per heavy atom. The highest BCUT2D eigenvalue weighted by Crippen LogP contribution is 2.61. The van der Waals surface area contributed by atoms with Gasteiger partial charge in [0.1, 0.15) is 11.8 Å². The summed E-state index contributed by atoms with van der Waals surface area (Å²) in [6.07, 6.45) is 5.54. The van der Waals surface area contributed by atoms with Crippen LogP contribution in [-0.2, 0) is 22.6 Å². The van der Waals surface area contributed by atoms with Crippen molar-refractivity contribution in [3.8, 4) is 16.9 Å². The lowest BCUT2D eigenvalue weighted by Gasteiger charge is -2.62. The Labute approximate surface area is 284 Å². The summed E-state index contributed by atoms with van der Waals surface area (Å²) in [5.41, 5.74) is 12.4. The molecule has 4 fully saturated rings. The molecule has 7 nitrogen and oxygen atoms in total. The number of carbonyl (C=O) groups is 1. The number of amides is 1. The van der Waals surface area contributed by atoms with Gasteiger partial charge in [0.2, 0.25) is 5.91 Å². The first kappa shape index (κ1) is 35.7. The van der Waals surface area contributed by atoms with Crippen molar-refractivity contribution < 1.29 is 14.4 Å². The lowest BCUT2D eigenvalue weighted by Crippen LogP contribution is -2.62. The minimum Gasteiger partial charge on any atom is -0.496 e. The lowest BCUT2D eigenvalue weighted by atomic mass is 9.45. The number of anilines is 1. The molecule has 1 heterocycles. The van der Waals surface area contributed by atoms with Crippen LogP contribution in [-0.4, -0.2) is 56.9 Å². The molecule has 260 valence electrons. The van der Waals surface area contributed by atoms with E-state index < -0.39 is 6.04 Å². The van der Waals surface area contributed by atoms with Crippen LogP contribution in [0.2, 0.25) is 0 Å². The first-order valence-electron chi connectivity index (χ1n) is 18.2. The van der Waals surface area contributed by atoms with Crippen molar-refractivity contribution in [1.29, 1.82) is 0 Å². The summed E-state index contributed by atoms with van der Waals surface area (Å²) in [6.45, 7) is 16.9. The molecule has 7 heteroatoms. The summed E-state index contributed by atoms with van der Waals surface area (Å²) in [6, 6.07) is 13.0. The number of hydrogen-bond acceptors (Lipinski definition) is 6. The van der Waals surface area contributed by atoms with E-state index in [1.807, 2.05) is 5.06 Å². The summed E-state index contributed by atoms with van der Waals surface area (Å²) >= 11 is 0. The van der Waals surface area contributed by atoms with Gasteiger partial charge in [-0.1, -0.05) is 79.2 Å². The summed E-state index contributed by atoms with van der Waals surface area (Å²) < 4.78 is 6.17. The van der Waals surface area contributed by atoms with E-state index in [0.717, 1.165) is 35.3 Å². The van der Waals surface area contributed by atoms with Crippen molar-refractivity contribution in [3.63, 3.8) is 0 Å². The molecule has 3 saturated carbocycles. The number of benzene rings is 2. The second kappa shape index (κ2) is 14.5. The highest BCUT2D eigenvalue weighted by atomic mass is 16.7. The van der Waals surface area contributed by atoms with Crippen molar-refractivity contribution >= 4 is 11.6 Å². The quantitative estimate of drug-likeness (QED) is 0.238. The third-order valence-electron chi connectivity index (χ3n) is 12.0. The van der Waals surface area contributed by atoms with Crippen LogP contribution in [0.15, 0.2) is 36.4 Å². The molecule has 6 rings (SSSR count). The fourth-order valence-electron chi connectivity index (χ4n) is 9.04. The van der Waals surface area contributed by atoms with Gasteiger partial charge in [0.25, 0.3) is 0 Å². The predicted octanol–water partition coefficient (Wildman–Crippen LogP) is 7.31. The molecule has 3 aliphatic carbocycles. The van der Waals surface area contributed by atoms with Gasteiger partial charge < -0.3 is 20.7 Å². The van der Waals surface area contributed by atoms with E-state index in [0.29, 0.717) is 42.2 Å². The first-order valence-corrected chi connectivity index (χ1v) is 18.2. The molecule has 1 amide bonds. The molecule has 2 aromatic rings. The number of carbonyl (C=O) groups excluding carboxylic acids is 1. The lowest BCUT2D eigenvalue weighted by molar-refractivity contribution is -0.175. The number of hydroxylamine groups is 2. The van der Waals surface area contributed by atoms with E-state index >= 15 is 0 Å². The average Bonchev–Trinajstić information content (AvgIpc) is 3.40. The summed E-state index contributed by atoms with van der Waals surface area (Å²) in [5, 5.41) is 5.44. The largest absolute Gasteiger partial charge is 0.496 e. The number of nitrogens with two attached hydrogens (primary N) is 1. The molecule has 0 unspecified atom stereocenters. The van der Waals surface area contributed by atoms with E-state index in [2.05, 4.69) is 109 Å². The second-order valence-electron chi connectivity index (χ2n) is 16.4. The highest BCUT2D eigenvalue weighted by Gasteiger charge is 2.57. The zero-order valence-corrected chi connectivity index (χ0v) is 30.8. The molecule has 1 saturated heterocycles. The van der Waals surface area contributed by atoms with Gasteiger partial charge >= 0.3 is 0 Å². The van der Waals surface area contributed by atoms with Crippen LogP contribution in [0, 0.1) is 40.9 Å². The number of fused-ring (bicyclic) bond motifs is 2. The number of nitrogens with one attached hydrogen (secondary N) is 1. The van der Waals surface area contributed by atoms with Crippen LogP contribution < -0.4 is 20.7 Å². The van der Waals surface area contributed by atoms with Gasteiger partial charge in [0, 0.05) is 49.4 Å². The van der Waals surface area contributed by atoms with Crippen LogP contribution in [0.1, 0.15) is 85.3 Å². The first-order chi connectivity index (χ1) is 22.3. The molecular formula is C40H62N4O3. The van der Waals surface area contributed by atoms with E-state index in [1.165, 1.54) is 30.5 Å². The predicted molar refractivity (Wildman–Crippen MR) is 193 cm³/mol. The van der Waals surface area contributed by atoms with E-state index in [4.69, 9.17) is 15.3 Å². The molecule has 0 spiro atoms. The number of aryl methyl sites for hydroxylation is 1. The highest BCUT2D eigenvalue weighted by molar-refractivity contribution is 5.83. The Balaban J connectivity index is 1.43. The molecule has 2 aromatic carbocycles. The normalized spacial score (nSPS) is 28.4. The third-order valence-corrected chi connectivity index (χ3v) is 12.0. The van der Waals surface area contributed by atoms with Gasteiger partial charge in [-0.2, -0.15) is 5.06 Å². The van der Waals surface area contributed by atoms with Crippen molar-refractivity contribution in [2.24, 2.45) is 46.7 Å². The minimum atomic E-state index is -0.431. The maximum Gasteiger partial charge on any atom is 0.240 e. The SMILES string of the molecule is COc1c(CN2O[C@@H](CN)[C@@H](C(C)C)[C@H]2C(=O)N[C@H]2C[C@H]3C[C@@H]([C@@H]2C)C3(C)C)cccc1-c1cc(CCCC(C)C)cc(N(C)C)c1. The van der Waals surface area contributed by atoms with Gasteiger partial charge in [-0.3, -0.25) is 9.63 Å². The summed E-state index contributed by atoms with van der Waals surface area (Å²) in [5.74, 6) is 3.60. The molecule has 1 aliphatic heterocycles. The zero-order chi connectivity index (χ0) is 34.2. The smallest absolute Gasteiger partial charge is 0.240 e. The molecule has 2 bridgehead atoms. The number of hydrogen-bond donors (Lipinski definition) is 2. The van der Waals surface area contributed by atoms with Crippen molar-refractivity contribution in [3.05, 3.63) is 47.5 Å². The Morgan fingerprint density at radius 2 is 1.89 bits per heavy atom. The number of para-hydroxylation sites is 1. The van der Waals surface area contributed by atoms with Gasteiger partial charge in [-0.05, 0) is 83.9 Å². The standard InChI is InChI=1S/C40H62N4O3/c1-24(2)13-11-14-27-17-29(19-31(18-27)43(8)9)32-16-12-15-28(38(32)46-10)23-44-37(36(25(3)4)35(22-41)47-44)39(45)42-34-21-30-20-33(26(34)5)40(30,6)7/h12,15-19,24-26,30,33-37H,11,13-14,20-23,41H2,1-10H3,(H,42,45)/t26-,30+,33-,34-,35-,36+,37-/m0/s1. The van der Waals surface area contributed by atoms with Crippen LogP contribution in [0.25, 0.3) is 11.1 Å². The monoisotopic (exact) mass is 646 g/mol. The van der Waals surface area contributed by atoms with E-state index in [9.17, 15) is 4.79 Å². The Morgan fingerprint density at radius 3 is 2.49 bits per heavy atom. The molecule has 0 radical (unpaired) electrons. The second-order valence-corrected chi connectivity index (χ2v) is 16.4. The third kappa shape index (κ3) is 7.23. The number of rotatable bonds is 13. The van der Waals surface area contributed by atoms with Gasteiger partial charge in [0.15, 0.2) is 0 Å². The fourth-order valence-corrected chi connectivity index (χ4v) is 9.04. The van der Waals surface area contributed by atoms with Gasteiger partial charge in [0.05, 0.1) is 19.8 Å². The van der Waals surface area contributed by atoms with Gasteiger partial charge in [-0.15, -0.1) is 0 Å². The average molecular weight is 647 g/mol. The minimum absolute atomic E-state index is 0.00998. The number of nitrogens with zero attached hydrogens (tertiary/aromatic N) is 2. The van der Waals surface area contributed by atoms with Crippen molar-refractivity contribution in [2.75, 3.05) is 32.6 Å². The molecular weight excluding hydrogens is 584 g/mol. The molecule has 47 heavy (non-hydrogen) atoms. The van der Waals surface area contributed by atoms with Crippen molar-refractivity contribution in [1.82, 2.24) is 10.4 Å². The molecule has 4 aliphatic rings. The van der Waals surface area contributed by atoms with E-state index in [-0.39, 0.29) is 29.9 Å².